The lowest BCUT2D eigenvalue weighted by molar-refractivity contribution is -0.119. The maximum atomic E-state index is 12.4. The lowest BCUT2D eigenvalue weighted by atomic mass is 10.1. The zero-order chi connectivity index (χ0) is 20.8. The molecule has 9 heteroatoms. The Morgan fingerprint density at radius 1 is 1.07 bits per heavy atom. The van der Waals surface area contributed by atoms with Gasteiger partial charge in [0.2, 0.25) is 11.8 Å². The van der Waals surface area contributed by atoms with Crippen LogP contribution in [0.25, 0.3) is 0 Å². The first-order valence-electron chi connectivity index (χ1n) is 9.20. The van der Waals surface area contributed by atoms with Crippen LogP contribution in [0.3, 0.4) is 0 Å². The zero-order valence-electron chi connectivity index (χ0n) is 15.9. The van der Waals surface area contributed by atoms with Gasteiger partial charge in [0.1, 0.15) is 5.82 Å². The van der Waals surface area contributed by atoms with Gasteiger partial charge in [-0.25, -0.2) is 4.98 Å². The number of nitrogens with one attached hydrogen (secondary N) is 3. The number of carbonyl (C=O) groups is 3. The molecule has 0 unspecified atom stereocenters. The molecular formula is C20H22BrN5O3. The van der Waals surface area contributed by atoms with Crippen LogP contribution in [0.5, 0.6) is 0 Å². The Morgan fingerprint density at radius 3 is 2.41 bits per heavy atom. The SMILES string of the molecule is CN(CC(=O)Nc1ccc(Br)cn1)CC(=O)Nc1ccccc1C(=O)NC1CC1. The summed E-state index contributed by atoms with van der Waals surface area (Å²) in [5.41, 5.74) is 0.877. The molecular weight excluding hydrogens is 438 g/mol. The van der Waals surface area contributed by atoms with E-state index in [0.29, 0.717) is 17.1 Å². The van der Waals surface area contributed by atoms with E-state index >= 15 is 0 Å². The Morgan fingerprint density at radius 2 is 1.76 bits per heavy atom. The average molecular weight is 460 g/mol. The van der Waals surface area contributed by atoms with Gasteiger partial charge in [-0.2, -0.15) is 0 Å². The summed E-state index contributed by atoms with van der Waals surface area (Å²) < 4.78 is 0.815. The first-order valence-corrected chi connectivity index (χ1v) is 9.99. The minimum atomic E-state index is -0.311. The second-order valence-electron chi connectivity index (χ2n) is 6.92. The van der Waals surface area contributed by atoms with Gasteiger partial charge in [-0.1, -0.05) is 12.1 Å². The maximum absolute atomic E-state index is 12.4. The molecule has 0 atom stereocenters. The summed E-state index contributed by atoms with van der Waals surface area (Å²) in [6, 6.07) is 10.6. The lowest BCUT2D eigenvalue weighted by Gasteiger charge is -2.17. The predicted octanol–water partition coefficient (Wildman–Crippen LogP) is 2.25. The van der Waals surface area contributed by atoms with Crippen LogP contribution >= 0.6 is 15.9 Å². The van der Waals surface area contributed by atoms with Crippen molar-refractivity contribution in [1.82, 2.24) is 15.2 Å². The number of likely N-dealkylation sites (N-methyl/N-ethyl adjacent to an activating group) is 1. The van der Waals surface area contributed by atoms with Crippen molar-refractivity contribution in [3.05, 3.63) is 52.6 Å². The van der Waals surface area contributed by atoms with E-state index in [-0.39, 0.29) is 36.9 Å². The molecule has 2 aromatic rings. The van der Waals surface area contributed by atoms with Gasteiger partial charge < -0.3 is 16.0 Å². The average Bonchev–Trinajstić information content (AvgIpc) is 3.47. The lowest BCUT2D eigenvalue weighted by Crippen LogP contribution is -2.36. The van der Waals surface area contributed by atoms with Gasteiger partial charge in [0, 0.05) is 16.7 Å². The fraction of sp³-hybridized carbons (Fsp3) is 0.300. The zero-order valence-corrected chi connectivity index (χ0v) is 17.5. The summed E-state index contributed by atoms with van der Waals surface area (Å²) in [5, 5.41) is 8.34. The number of rotatable bonds is 8. The number of pyridine rings is 1. The van der Waals surface area contributed by atoms with Crippen molar-refractivity contribution in [2.45, 2.75) is 18.9 Å². The van der Waals surface area contributed by atoms with Crippen LogP contribution in [0.1, 0.15) is 23.2 Å². The van der Waals surface area contributed by atoms with Crippen LogP contribution in [0.15, 0.2) is 47.1 Å². The summed E-state index contributed by atoms with van der Waals surface area (Å²) in [6.45, 7) is 0.0226. The highest BCUT2D eigenvalue weighted by Crippen LogP contribution is 2.21. The molecule has 8 nitrogen and oxygen atoms in total. The van der Waals surface area contributed by atoms with Crippen LogP contribution in [0, 0.1) is 0 Å². The van der Waals surface area contributed by atoms with Gasteiger partial charge in [0.15, 0.2) is 0 Å². The third-order valence-electron chi connectivity index (χ3n) is 4.18. The molecule has 3 rings (SSSR count). The molecule has 0 aliphatic heterocycles. The molecule has 3 amide bonds. The van der Waals surface area contributed by atoms with Gasteiger partial charge in [-0.3, -0.25) is 19.3 Å². The largest absolute Gasteiger partial charge is 0.349 e. The second-order valence-corrected chi connectivity index (χ2v) is 7.84. The van der Waals surface area contributed by atoms with E-state index in [4.69, 9.17) is 0 Å². The highest BCUT2D eigenvalue weighted by Gasteiger charge is 2.25. The molecule has 3 N–H and O–H groups in total. The summed E-state index contributed by atoms with van der Waals surface area (Å²) in [6.07, 6.45) is 3.56. The quantitative estimate of drug-likeness (QED) is 0.561. The first-order chi connectivity index (χ1) is 13.9. The van der Waals surface area contributed by atoms with E-state index < -0.39 is 0 Å². The van der Waals surface area contributed by atoms with Crippen LogP contribution < -0.4 is 16.0 Å². The van der Waals surface area contributed by atoms with Crippen molar-refractivity contribution in [2.75, 3.05) is 30.8 Å². The van der Waals surface area contributed by atoms with Crippen molar-refractivity contribution >= 4 is 45.2 Å². The van der Waals surface area contributed by atoms with Gasteiger partial charge in [0.05, 0.1) is 24.3 Å². The summed E-state index contributed by atoms with van der Waals surface area (Å²) in [7, 11) is 1.67. The van der Waals surface area contributed by atoms with E-state index in [2.05, 4.69) is 36.9 Å². The van der Waals surface area contributed by atoms with Crippen LogP contribution in [0.4, 0.5) is 11.5 Å². The number of nitrogens with zero attached hydrogens (tertiary/aromatic N) is 2. The fourth-order valence-corrected chi connectivity index (χ4v) is 2.88. The molecule has 1 heterocycles. The second kappa shape index (κ2) is 9.62. The van der Waals surface area contributed by atoms with Crippen molar-refractivity contribution in [3.63, 3.8) is 0 Å². The Hall–Kier alpha value is -2.78. The molecule has 1 fully saturated rings. The van der Waals surface area contributed by atoms with Crippen LogP contribution in [-0.2, 0) is 9.59 Å². The molecule has 1 saturated carbocycles. The molecule has 1 aromatic carbocycles. The number of anilines is 2. The van der Waals surface area contributed by atoms with Crippen molar-refractivity contribution < 1.29 is 14.4 Å². The number of amides is 3. The van der Waals surface area contributed by atoms with Crippen LogP contribution in [-0.4, -0.2) is 53.8 Å². The summed E-state index contributed by atoms with van der Waals surface area (Å²) in [5.74, 6) is -0.349. The minimum absolute atomic E-state index is 0.000233. The molecule has 1 aliphatic rings. The Balaban J connectivity index is 1.50. The number of aromatic nitrogens is 1. The molecule has 0 saturated heterocycles. The number of benzene rings is 1. The monoisotopic (exact) mass is 459 g/mol. The topological polar surface area (TPSA) is 103 Å². The standard InChI is InChI=1S/C20H22BrN5O3/c1-26(12-19(28)25-17-9-6-13(21)10-22-17)11-18(27)24-16-5-3-2-4-15(16)20(29)23-14-7-8-14/h2-6,9-10,14H,7-8,11-12H2,1H3,(H,23,29)(H,24,27)(H,22,25,28). The molecule has 1 aliphatic carbocycles. The molecule has 0 radical (unpaired) electrons. The van der Waals surface area contributed by atoms with Gasteiger partial charge in [-0.05, 0) is 60.1 Å². The third-order valence-corrected chi connectivity index (χ3v) is 4.65. The van der Waals surface area contributed by atoms with Crippen molar-refractivity contribution in [1.29, 1.82) is 0 Å². The van der Waals surface area contributed by atoms with E-state index in [1.54, 1.807) is 54.5 Å². The predicted molar refractivity (Wildman–Crippen MR) is 114 cm³/mol. The Bertz CT molecular complexity index is 899. The highest BCUT2D eigenvalue weighted by molar-refractivity contribution is 9.10. The third kappa shape index (κ3) is 6.65. The van der Waals surface area contributed by atoms with Gasteiger partial charge in [0.25, 0.3) is 5.91 Å². The Labute approximate surface area is 177 Å². The summed E-state index contributed by atoms with van der Waals surface area (Å²) in [4.78, 5) is 42.5. The molecule has 0 spiro atoms. The number of hydrogen-bond acceptors (Lipinski definition) is 5. The smallest absolute Gasteiger partial charge is 0.253 e. The normalized spacial score (nSPS) is 13.1. The van der Waals surface area contributed by atoms with E-state index in [1.807, 2.05) is 0 Å². The number of halogens is 1. The first kappa shape index (κ1) is 20.9. The molecule has 1 aromatic heterocycles. The van der Waals surface area contributed by atoms with Crippen molar-refractivity contribution in [2.24, 2.45) is 0 Å². The van der Waals surface area contributed by atoms with Gasteiger partial charge in [-0.15, -0.1) is 0 Å². The van der Waals surface area contributed by atoms with E-state index in [1.165, 1.54) is 0 Å². The molecule has 29 heavy (non-hydrogen) atoms. The minimum Gasteiger partial charge on any atom is -0.349 e. The number of carbonyl (C=O) groups excluding carboxylic acids is 3. The van der Waals surface area contributed by atoms with Crippen molar-refractivity contribution in [3.8, 4) is 0 Å². The number of hydrogen-bond donors (Lipinski definition) is 3. The maximum Gasteiger partial charge on any atom is 0.253 e. The molecule has 0 bridgehead atoms. The Kier molecular flexibility index (Phi) is 6.95. The van der Waals surface area contributed by atoms with Gasteiger partial charge >= 0.3 is 0 Å². The molecule has 152 valence electrons. The fourth-order valence-electron chi connectivity index (χ4n) is 2.65. The summed E-state index contributed by atoms with van der Waals surface area (Å²) >= 11 is 3.28. The van der Waals surface area contributed by atoms with E-state index in [0.717, 1.165) is 17.3 Å². The number of para-hydroxylation sites is 1. The van der Waals surface area contributed by atoms with Crippen LogP contribution in [0.2, 0.25) is 0 Å². The highest BCUT2D eigenvalue weighted by atomic mass is 79.9. The van der Waals surface area contributed by atoms with E-state index in [9.17, 15) is 14.4 Å².